The highest BCUT2D eigenvalue weighted by atomic mass is 32.2. The van der Waals surface area contributed by atoms with Crippen molar-refractivity contribution in [3.63, 3.8) is 0 Å². The van der Waals surface area contributed by atoms with Crippen LogP contribution in [0.4, 0.5) is 0 Å². The quantitative estimate of drug-likeness (QED) is 0.302. The van der Waals surface area contributed by atoms with Crippen molar-refractivity contribution in [1.82, 2.24) is 14.5 Å². The lowest BCUT2D eigenvalue weighted by Gasteiger charge is -2.33. The maximum Gasteiger partial charge on any atom is 0.258 e. The van der Waals surface area contributed by atoms with Gasteiger partial charge in [-0.1, -0.05) is 52.5 Å². The van der Waals surface area contributed by atoms with Crippen LogP contribution in [0.1, 0.15) is 45.7 Å². The van der Waals surface area contributed by atoms with Crippen molar-refractivity contribution in [1.29, 1.82) is 0 Å². The molecule has 0 unspecified atom stereocenters. The molecule has 0 radical (unpaired) electrons. The Kier molecular flexibility index (Phi) is 7.65. The Bertz CT molecular complexity index is 993. The highest BCUT2D eigenvalue weighted by Crippen LogP contribution is 2.42. The summed E-state index contributed by atoms with van der Waals surface area (Å²) in [7, 11) is 0. The van der Waals surface area contributed by atoms with Gasteiger partial charge in [-0.25, -0.2) is 4.98 Å². The molecule has 0 amide bonds. The van der Waals surface area contributed by atoms with Gasteiger partial charge >= 0.3 is 0 Å². The molecule has 0 bridgehead atoms. The molecule has 0 atom stereocenters. The summed E-state index contributed by atoms with van der Waals surface area (Å²) in [6.45, 7) is 18.6. The van der Waals surface area contributed by atoms with Crippen molar-refractivity contribution < 1.29 is 4.74 Å². The Morgan fingerprint density at radius 2 is 2.03 bits per heavy atom. The van der Waals surface area contributed by atoms with Crippen molar-refractivity contribution in [2.45, 2.75) is 58.2 Å². The van der Waals surface area contributed by atoms with Crippen LogP contribution >= 0.6 is 11.8 Å². The minimum Gasteiger partial charge on any atom is -0.492 e. The molecule has 1 aromatic carbocycles. The third-order valence-corrected chi connectivity index (χ3v) is 6.79. The number of fused-ring (bicyclic) bond motifs is 3. The third-order valence-electron chi connectivity index (χ3n) is 5.93. The normalized spacial score (nSPS) is 14.3. The standard InChI is InChI=1S/C25H35N3O2S/c1-7-13-28-23(29)21-22(26-24(28)31-10-4)20-12-11-19(16-18(20)17-25(21,5)6)30-15-14-27(8-2)9-3/h7,11-12,16H,1,8-10,13-15,17H2,2-6H3. The first-order valence-electron chi connectivity index (χ1n) is 11.2. The summed E-state index contributed by atoms with van der Waals surface area (Å²) >= 11 is 1.60. The van der Waals surface area contributed by atoms with Crippen molar-refractivity contribution >= 4 is 11.8 Å². The molecule has 6 heteroatoms. The van der Waals surface area contributed by atoms with Crippen molar-refractivity contribution in [2.75, 3.05) is 32.0 Å². The Labute approximate surface area is 190 Å². The monoisotopic (exact) mass is 441 g/mol. The summed E-state index contributed by atoms with van der Waals surface area (Å²) in [5.41, 5.74) is 3.62. The van der Waals surface area contributed by atoms with Gasteiger partial charge in [-0.15, -0.1) is 6.58 Å². The SMILES string of the molecule is C=CCn1c(SCC)nc2c(c1=O)C(C)(C)Cc1cc(OCCN(CC)CC)ccc1-2. The van der Waals surface area contributed by atoms with Crippen molar-refractivity contribution in [3.8, 4) is 17.0 Å². The lowest BCUT2D eigenvalue weighted by atomic mass is 9.72. The molecule has 1 aliphatic carbocycles. The van der Waals surface area contributed by atoms with Gasteiger partial charge in [0, 0.05) is 29.6 Å². The molecule has 1 aromatic heterocycles. The maximum atomic E-state index is 13.5. The molecule has 168 valence electrons. The molecule has 0 N–H and O–H groups in total. The number of thioether (sulfide) groups is 1. The molecule has 31 heavy (non-hydrogen) atoms. The maximum absolute atomic E-state index is 13.5. The topological polar surface area (TPSA) is 47.4 Å². The van der Waals surface area contributed by atoms with Crippen molar-refractivity contribution in [3.05, 3.63) is 52.3 Å². The molecule has 2 aromatic rings. The fraction of sp³-hybridized carbons (Fsp3) is 0.520. The summed E-state index contributed by atoms with van der Waals surface area (Å²) in [5.74, 6) is 1.74. The smallest absolute Gasteiger partial charge is 0.258 e. The minimum absolute atomic E-state index is 0.0519. The second-order valence-corrected chi connectivity index (χ2v) is 9.74. The summed E-state index contributed by atoms with van der Waals surface area (Å²) in [6, 6.07) is 6.21. The number of hydrogen-bond donors (Lipinski definition) is 0. The van der Waals surface area contributed by atoms with Crippen molar-refractivity contribution in [2.24, 2.45) is 0 Å². The van der Waals surface area contributed by atoms with E-state index < -0.39 is 0 Å². The van der Waals surface area contributed by atoms with Gasteiger partial charge in [0.15, 0.2) is 5.16 Å². The molecule has 1 heterocycles. The molecule has 5 nitrogen and oxygen atoms in total. The van der Waals surface area contributed by atoms with E-state index in [0.29, 0.717) is 13.2 Å². The zero-order valence-corrected chi connectivity index (χ0v) is 20.3. The van der Waals surface area contributed by atoms with E-state index in [-0.39, 0.29) is 11.0 Å². The molecule has 0 saturated heterocycles. The van der Waals surface area contributed by atoms with Crippen LogP contribution in [0.2, 0.25) is 0 Å². The summed E-state index contributed by atoms with van der Waals surface area (Å²) in [5, 5.41) is 0.759. The predicted molar refractivity (Wildman–Crippen MR) is 131 cm³/mol. The molecule has 3 rings (SSSR count). The Morgan fingerprint density at radius 3 is 2.68 bits per heavy atom. The van der Waals surface area contributed by atoms with Gasteiger partial charge in [0.05, 0.1) is 5.69 Å². The Balaban J connectivity index is 2.00. The zero-order valence-electron chi connectivity index (χ0n) is 19.5. The number of rotatable bonds is 10. The molecule has 0 fully saturated rings. The van der Waals surface area contributed by atoms with E-state index in [9.17, 15) is 4.79 Å². The van der Waals surface area contributed by atoms with Crippen LogP contribution in [-0.2, 0) is 18.4 Å². The van der Waals surface area contributed by atoms with Gasteiger partial charge in [-0.3, -0.25) is 9.36 Å². The number of aromatic nitrogens is 2. The number of allylic oxidation sites excluding steroid dienone is 1. The van der Waals surface area contributed by atoms with E-state index in [1.54, 1.807) is 22.4 Å². The van der Waals surface area contributed by atoms with Gasteiger partial charge in [-0.2, -0.15) is 0 Å². The van der Waals surface area contributed by atoms with Gasteiger partial charge in [0.1, 0.15) is 12.4 Å². The minimum atomic E-state index is -0.301. The number of hydrogen-bond acceptors (Lipinski definition) is 5. The summed E-state index contributed by atoms with van der Waals surface area (Å²) in [6.07, 6.45) is 2.55. The van der Waals surface area contributed by atoms with Crippen LogP contribution in [-0.4, -0.2) is 46.4 Å². The molecular weight excluding hydrogens is 406 g/mol. The third kappa shape index (κ3) is 4.90. The molecular formula is C25H35N3O2S. The fourth-order valence-corrected chi connectivity index (χ4v) is 5.03. The molecule has 0 aliphatic heterocycles. The van der Waals surface area contributed by atoms with Crippen LogP contribution in [0.3, 0.4) is 0 Å². The lowest BCUT2D eigenvalue weighted by Crippen LogP contribution is -2.38. The number of nitrogens with zero attached hydrogens (tertiary/aromatic N) is 3. The van der Waals surface area contributed by atoms with Crippen LogP contribution in [0.5, 0.6) is 5.75 Å². The van der Waals surface area contributed by atoms with Crippen LogP contribution in [0.15, 0.2) is 40.8 Å². The van der Waals surface area contributed by atoms with E-state index >= 15 is 0 Å². The highest BCUT2D eigenvalue weighted by molar-refractivity contribution is 7.99. The van der Waals surface area contributed by atoms with Gasteiger partial charge < -0.3 is 9.64 Å². The van der Waals surface area contributed by atoms with E-state index in [1.807, 2.05) is 6.07 Å². The largest absolute Gasteiger partial charge is 0.492 e. The number of likely N-dealkylation sites (N-methyl/N-ethyl adjacent to an activating group) is 1. The van der Waals surface area contributed by atoms with E-state index in [2.05, 4.69) is 58.2 Å². The van der Waals surface area contributed by atoms with Crippen LogP contribution in [0.25, 0.3) is 11.3 Å². The second kappa shape index (κ2) is 10.0. The van der Waals surface area contributed by atoms with E-state index in [0.717, 1.165) is 59.5 Å². The number of ether oxygens (including phenoxy) is 1. The summed E-state index contributed by atoms with van der Waals surface area (Å²) < 4.78 is 7.82. The molecule has 0 spiro atoms. The Hall–Kier alpha value is -2.05. The zero-order chi connectivity index (χ0) is 22.6. The van der Waals surface area contributed by atoms with Gasteiger partial charge in [-0.05, 0) is 49.0 Å². The van der Waals surface area contributed by atoms with Gasteiger partial charge in [0.2, 0.25) is 0 Å². The first-order chi connectivity index (χ1) is 14.9. The van der Waals surface area contributed by atoms with E-state index in [1.165, 1.54) is 5.56 Å². The van der Waals surface area contributed by atoms with Crippen LogP contribution in [0, 0.1) is 0 Å². The van der Waals surface area contributed by atoms with Crippen LogP contribution < -0.4 is 10.3 Å². The highest BCUT2D eigenvalue weighted by Gasteiger charge is 2.36. The Morgan fingerprint density at radius 1 is 1.29 bits per heavy atom. The summed E-state index contributed by atoms with van der Waals surface area (Å²) in [4.78, 5) is 20.8. The first-order valence-corrected chi connectivity index (χ1v) is 12.2. The average molecular weight is 442 g/mol. The van der Waals surface area contributed by atoms with E-state index in [4.69, 9.17) is 9.72 Å². The fourth-order valence-electron chi connectivity index (χ4n) is 4.30. The second-order valence-electron chi connectivity index (χ2n) is 8.51. The lowest BCUT2D eigenvalue weighted by molar-refractivity contribution is 0.222. The van der Waals surface area contributed by atoms with Gasteiger partial charge in [0.25, 0.3) is 5.56 Å². The molecule has 1 aliphatic rings. The predicted octanol–water partition coefficient (Wildman–Crippen LogP) is 4.76. The number of benzene rings is 1. The molecule has 0 saturated carbocycles. The average Bonchev–Trinajstić information content (AvgIpc) is 2.73. The first kappa shape index (κ1) is 23.6.